The van der Waals surface area contributed by atoms with Crippen molar-refractivity contribution in [3.8, 4) is 44.5 Å². The standard InChI is InChI=1S/C52H34O.2C2H6/c1-3-33-24-29-38(30-34(33)4-2)37-15-13-16-40(31-37)50-44-20-9-7-18-42(44)49(43-19-8-10-21-45(43)50)36-27-25-35(26-28-36)47-32-39-14-5-6-17-41(39)51-46-22-11-12-23-48(46)53-52(47)51;2*1-2/h3-32H,1-2H2;2*1-2H3. The van der Waals surface area contributed by atoms with Gasteiger partial charge in [0, 0.05) is 16.3 Å². The number of rotatable bonds is 6. The molecule has 0 amide bonds. The molecule has 1 nitrogen and oxygen atoms in total. The second kappa shape index (κ2) is 16.0. The largest absolute Gasteiger partial charge is 0.455 e. The summed E-state index contributed by atoms with van der Waals surface area (Å²) in [7, 11) is 0. The van der Waals surface area contributed by atoms with Crippen LogP contribution in [0.3, 0.4) is 0 Å². The Bertz CT molecular complexity index is 3030. The van der Waals surface area contributed by atoms with E-state index in [4.69, 9.17) is 4.42 Å². The van der Waals surface area contributed by atoms with Crippen molar-refractivity contribution in [1.82, 2.24) is 0 Å². The third-order valence-corrected chi connectivity index (χ3v) is 10.8. The van der Waals surface area contributed by atoms with Gasteiger partial charge in [0.25, 0.3) is 0 Å². The lowest BCUT2D eigenvalue weighted by molar-refractivity contribution is 0.670. The van der Waals surface area contributed by atoms with Crippen LogP contribution in [0.5, 0.6) is 0 Å². The predicted molar refractivity (Wildman–Crippen MR) is 251 cm³/mol. The topological polar surface area (TPSA) is 13.1 Å². The van der Waals surface area contributed by atoms with E-state index in [1.807, 2.05) is 45.9 Å². The Labute approximate surface area is 335 Å². The molecule has 0 unspecified atom stereocenters. The number of benzene rings is 9. The minimum absolute atomic E-state index is 0.910. The summed E-state index contributed by atoms with van der Waals surface area (Å²) in [5.41, 5.74) is 13.4. The number of hydrogen-bond acceptors (Lipinski definition) is 1. The molecule has 9 aromatic carbocycles. The van der Waals surface area contributed by atoms with Gasteiger partial charge in [-0.15, -0.1) is 0 Å². The average Bonchev–Trinajstić information content (AvgIpc) is 3.69. The Hall–Kier alpha value is -6.96. The average molecular weight is 735 g/mol. The highest BCUT2D eigenvalue weighted by Crippen LogP contribution is 2.46. The monoisotopic (exact) mass is 734 g/mol. The summed E-state index contributed by atoms with van der Waals surface area (Å²) in [6.45, 7) is 16.0. The SMILES string of the molecule is C=Cc1ccc(-c2cccc(-c3c4ccccc4c(-c4ccc(-c5cc6ccccc6c6c5oc5ccccc56)cc4)c4ccccc34)c2)cc1C=C.CC.CC. The quantitative estimate of drug-likeness (QED) is 0.155. The fourth-order valence-electron chi connectivity index (χ4n) is 8.33. The molecule has 0 saturated carbocycles. The Morgan fingerprint density at radius 1 is 0.386 bits per heavy atom. The second-order valence-electron chi connectivity index (χ2n) is 13.7. The van der Waals surface area contributed by atoms with Crippen LogP contribution in [0.15, 0.2) is 187 Å². The van der Waals surface area contributed by atoms with E-state index in [0.717, 1.165) is 44.4 Å². The van der Waals surface area contributed by atoms with Crippen molar-refractivity contribution in [2.75, 3.05) is 0 Å². The fraction of sp³-hybridized carbons (Fsp3) is 0.0714. The van der Waals surface area contributed by atoms with Crippen molar-refractivity contribution in [3.63, 3.8) is 0 Å². The van der Waals surface area contributed by atoms with Crippen LogP contribution >= 0.6 is 0 Å². The minimum Gasteiger partial charge on any atom is -0.455 e. The first-order chi connectivity index (χ1) is 28.2. The third kappa shape index (κ3) is 6.42. The van der Waals surface area contributed by atoms with Gasteiger partial charge in [0.1, 0.15) is 11.2 Å². The van der Waals surface area contributed by atoms with Crippen LogP contribution in [0, 0.1) is 0 Å². The Morgan fingerprint density at radius 2 is 0.877 bits per heavy atom. The Morgan fingerprint density at radius 3 is 1.51 bits per heavy atom. The molecule has 0 radical (unpaired) electrons. The van der Waals surface area contributed by atoms with Crippen LogP contribution in [0.2, 0.25) is 0 Å². The first-order valence-electron chi connectivity index (χ1n) is 20.1. The highest BCUT2D eigenvalue weighted by molar-refractivity contribution is 6.23. The van der Waals surface area contributed by atoms with Gasteiger partial charge in [0.15, 0.2) is 0 Å². The minimum atomic E-state index is 0.910. The molecule has 0 saturated heterocycles. The molecule has 1 aromatic heterocycles. The molecule has 0 N–H and O–H groups in total. The lowest BCUT2D eigenvalue weighted by Crippen LogP contribution is -1.91. The van der Waals surface area contributed by atoms with E-state index in [0.29, 0.717) is 0 Å². The van der Waals surface area contributed by atoms with Gasteiger partial charge in [0.2, 0.25) is 0 Å². The van der Waals surface area contributed by atoms with Gasteiger partial charge in [-0.25, -0.2) is 0 Å². The van der Waals surface area contributed by atoms with E-state index in [9.17, 15) is 0 Å². The molecule has 0 aliphatic heterocycles. The number of furan rings is 1. The zero-order chi connectivity index (χ0) is 39.5. The van der Waals surface area contributed by atoms with E-state index in [1.165, 1.54) is 65.5 Å². The Balaban J connectivity index is 0.00000110. The van der Waals surface area contributed by atoms with Crippen LogP contribution in [-0.4, -0.2) is 0 Å². The smallest absolute Gasteiger partial charge is 0.143 e. The molecule has 0 bridgehead atoms. The summed E-state index contributed by atoms with van der Waals surface area (Å²) in [6, 6.07) is 61.4. The summed E-state index contributed by atoms with van der Waals surface area (Å²) < 4.78 is 6.58. The molecule has 1 heterocycles. The highest BCUT2D eigenvalue weighted by Gasteiger charge is 2.19. The lowest BCUT2D eigenvalue weighted by atomic mass is 9.85. The fourth-order valence-corrected chi connectivity index (χ4v) is 8.33. The van der Waals surface area contributed by atoms with Crippen molar-refractivity contribution < 1.29 is 4.42 Å². The van der Waals surface area contributed by atoms with E-state index < -0.39 is 0 Å². The molecule has 0 fully saturated rings. The highest BCUT2D eigenvalue weighted by atomic mass is 16.3. The van der Waals surface area contributed by atoms with E-state index in [1.54, 1.807) is 0 Å². The zero-order valence-electron chi connectivity index (χ0n) is 33.1. The van der Waals surface area contributed by atoms with Gasteiger partial charge in [-0.3, -0.25) is 0 Å². The van der Waals surface area contributed by atoms with Crippen LogP contribution in [0.4, 0.5) is 0 Å². The molecule has 10 rings (SSSR count). The number of hydrogen-bond donors (Lipinski definition) is 0. The molecule has 0 aliphatic carbocycles. The van der Waals surface area contributed by atoms with Gasteiger partial charge in [-0.05, 0) is 107 Å². The van der Waals surface area contributed by atoms with Crippen molar-refractivity contribution in [2.45, 2.75) is 27.7 Å². The molecule has 1 heteroatoms. The van der Waals surface area contributed by atoms with Gasteiger partial charge >= 0.3 is 0 Å². The van der Waals surface area contributed by atoms with Crippen molar-refractivity contribution in [3.05, 3.63) is 194 Å². The van der Waals surface area contributed by atoms with Crippen molar-refractivity contribution in [2.24, 2.45) is 0 Å². The van der Waals surface area contributed by atoms with Crippen LogP contribution in [0.1, 0.15) is 38.8 Å². The first-order valence-corrected chi connectivity index (χ1v) is 20.1. The van der Waals surface area contributed by atoms with Gasteiger partial charge in [-0.1, -0.05) is 199 Å². The molecule has 10 aromatic rings. The summed E-state index contributed by atoms with van der Waals surface area (Å²) in [5.74, 6) is 0. The molecule has 0 atom stereocenters. The van der Waals surface area contributed by atoms with Gasteiger partial charge in [0.05, 0.1) is 0 Å². The van der Waals surface area contributed by atoms with E-state index in [2.05, 4.69) is 177 Å². The molecule has 0 spiro atoms. The summed E-state index contributed by atoms with van der Waals surface area (Å²) in [4.78, 5) is 0. The number of para-hydroxylation sites is 1. The third-order valence-electron chi connectivity index (χ3n) is 10.8. The van der Waals surface area contributed by atoms with Crippen LogP contribution in [-0.2, 0) is 0 Å². The second-order valence-corrected chi connectivity index (χ2v) is 13.7. The van der Waals surface area contributed by atoms with Gasteiger partial charge < -0.3 is 4.42 Å². The predicted octanol–water partition coefficient (Wildman–Crippen LogP) is 17.1. The Kier molecular flexibility index (Phi) is 10.4. The normalized spacial score (nSPS) is 10.9. The molecule has 0 aliphatic rings. The molecular weight excluding hydrogens is 689 g/mol. The molecule has 57 heavy (non-hydrogen) atoms. The maximum atomic E-state index is 6.58. The van der Waals surface area contributed by atoms with Gasteiger partial charge in [-0.2, -0.15) is 0 Å². The maximum absolute atomic E-state index is 6.58. The van der Waals surface area contributed by atoms with Crippen molar-refractivity contribution in [1.29, 1.82) is 0 Å². The van der Waals surface area contributed by atoms with Crippen LogP contribution in [0.25, 0.3) is 111 Å². The van der Waals surface area contributed by atoms with E-state index in [-0.39, 0.29) is 0 Å². The van der Waals surface area contributed by atoms with E-state index >= 15 is 0 Å². The number of fused-ring (bicyclic) bond motifs is 7. The summed E-state index contributed by atoms with van der Waals surface area (Å²) in [6.07, 6.45) is 3.78. The van der Waals surface area contributed by atoms with Crippen LogP contribution < -0.4 is 0 Å². The molecular formula is C56H46O. The summed E-state index contributed by atoms with van der Waals surface area (Å²) >= 11 is 0. The first kappa shape index (κ1) is 37.0. The lowest BCUT2D eigenvalue weighted by Gasteiger charge is -2.18. The molecule has 276 valence electrons. The zero-order valence-corrected chi connectivity index (χ0v) is 33.1. The van der Waals surface area contributed by atoms with Crippen molar-refractivity contribution >= 4 is 66.4 Å². The summed E-state index contributed by atoms with van der Waals surface area (Å²) in [5, 5.41) is 9.66. The maximum Gasteiger partial charge on any atom is 0.143 e.